The van der Waals surface area contributed by atoms with E-state index in [0.717, 1.165) is 10.9 Å². The molecule has 1 aromatic heterocycles. The number of hydrogen-bond donors (Lipinski definition) is 2. The molecule has 2 aromatic carbocycles. The van der Waals surface area contributed by atoms with Crippen molar-refractivity contribution in [3.63, 3.8) is 0 Å². The number of rotatable bonds is 3. The lowest BCUT2D eigenvalue weighted by molar-refractivity contribution is 0.102. The quantitative estimate of drug-likeness (QED) is 0.764. The van der Waals surface area contributed by atoms with Crippen LogP contribution in [0, 0.1) is 6.92 Å². The minimum atomic E-state index is -3.81. The normalized spacial score (nSPS) is 11.6. The molecule has 0 fully saturated rings. The zero-order valence-electron chi connectivity index (χ0n) is 13.3. The van der Waals surface area contributed by atoms with Crippen molar-refractivity contribution in [2.45, 2.75) is 11.8 Å². The number of anilines is 1. The Balaban J connectivity index is 2.06. The zero-order valence-corrected chi connectivity index (χ0v) is 14.1. The molecule has 0 saturated carbocycles. The van der Waals surface area contributed by atoms with Gasteiger partial charge in [-0.1, -0.05) is 18.2 Å². The average molecular weight is 343 g/mol. The van der Waals surface area contributed by atoms with Gasteiger partial charge in [0.05, 0.1) is 10.5 Å². The highest BCUT2D eigenvalue weighted by Crippen LogP contribution is 2.26. The number of nitrogens with two attached hydrogens (primary N) is 1. The Bertz CT molecular complexity index is 1050. The summed E-state index contributed by atoms with van der Waals surface area (Å²) in [4.78, 5) is 12.5. The minimum Gasteiger partial charge on any atom is -0.356 e. The predicted octanol–water partition coefficient (Wildman–Crippen LogP) is 2.39. The largest absolute Gasteiger partial charge is 0.356 e. The van der Waals surface area contributed by atoms with E-state index in [0.29, 0.717) is 16.6 Å². The molecule has 0 aliphatic carbocycles. The molecule has 3 aromatic rings. The number of sulfonamides is 1. The molecular formula is C17H17N3O3S. The van der Waals surface area contributed by atoms with Crippen molar-refractivity contribution in [3.8, 4) is 0 Å². The van der Waals surface area contributed by atoms with Gasteiger partial charge in [-0.3, -0.25) is 4.79 Å². The molecule has 0 bridgehead atoms. The summed E-state index contributed by atoms with van der Waals surface area (Å²) in [6.07, 6.45) is 3.60. The molecular weight excluding hydrogens is 326 g/mol. The second-order valence-electron chi connectivity index (χ2n) is 5.71. The van der Waals surface area contributed by atoms with E-state index in [-0.39, 0.29) is 10.8 Å². The number of primary sulfonamides is 1. The van der Waals surface area contributed by atoms with Gasteiger partial charge in [-0.15, -0.1) is 0 Å². The van der Waals surface area contributed by atoms with Gasteiger partial charge >= 0.3 is 0 Å². The maximum atomic E-state index is 12.5. The van der Waals surface area contributed by atoms with Crippen LogP contribution in [0.5, 0.6) is 0 Å². The molecule has 0 unspecified atom stereocenters. The topological polar surface area (TPSA) is 94.2 Å². The van der Waals surface area contributed by atoms with Crippen molar-refractivity contribution in [1.82, 2.24) is 4.57 Å². The Labute approximate surface area is 139 Å². The van der Waals surface area contributed by atoms with Crippen LogP contribution in [-0.4, -0.2) is 18.9 Å². The number of aryl methyl sites for hydroxylation is 2. The van der Waals surface area contributed by atoms with Crippen LogP contribution < -0.4 is 10.5 Å². The minimum absolute atomic E-state index is 0.00703. The molecule has 6 nitrogen and oxygen atoms in total. The second kappa shape index (κ2) is 5.77. The predicted molar refractivity (Wildman–Crippen MR) is 93.4 cm³/mol. The summed E-state index contributed by atoms with van der Waals surface area (Å²) >= 11 is 0. The number of nitrogens with one attached hydrogen (secondary N) is 1. The van der Waals surface area contributed by atoms with Gasteiger partial charge in [0.2, 0.25) is 10.0 Å². The van der Waals surface area contributed by atoms with Crippen molar-refractivity contribution in [3.05, 3.63) is 59.9 Å². The Hall–Kier alpha value is -2.64. The van der Waals surface area contributed by atoms with Crippen molar-refractivity contribution in [2.24, 2.45) is 12.2 Å². The Morgan fingerprint density at radius 3 is 2.54 bits per heavy atom. The Morgan fingerprint density at radius 1 is 1.17 bits per heavy atom. The molecule has 0 atom stereocenters. The molecule has 0 radical (unpaired) electrons. The number of hydrogen-bond acceptors (Lipinski definition) is 3. The van der Waals surface area contributed by atoms with Crippen molar-refractivity contribution < 1.29 is 13.2 Å². The summed E-state index contributed by atoms with van der Waals surface area (Å²) in [7, 11) is -1.96. The highest BCUT2D eigenvalue weighted by Gasteiger charge is 2.14. The highest BCUT2D eigenvalue weighted by molar-refractivity contribution is 7.89. The van der Waals surface area contributed by atoms with Crippen molar-refractivity contribution >= 4 is 32.4 Å². The third-order valence-electron chi connectivity index (χ3n) is 3.83. The van der Waals surface area contributed by atoms with E-state index < -0.39 is 10.0 Å². The lowest BCUT2D eigenvalue weighted by Crippen LogP contribution is -2.13. The van der Waals surface area contributed by atoms with Crippen LogP contribution in [0.4, 0.5) is 5.69 Å². The fourth-order valence-corrected chi connectivity index (χ4v) is 3.22. The molecule has 3 rings (SSSR count). The molecule has 124 valence electrons. The molecule has 1 amide bonds. The van der Waals surface area contributed by atoms with E-state index >= 15 is 0 Å². The van der Waals surface area contributed by atoms with E-state index in [1.54, 1.807) is 24.4 Å². The summed E-state index contributed by atoms with van der Waals surface area (Å²) in [6, 6.07) is 9.95. The first-order valence-corrected chi connectivity index (χ1v) is 8.80. The average Bonchev–Trinajstić information content (AvgIpc) is 2.85. The maximum Gasteiger partial charge on any atom is 0.257 e. The lowest BCUT2D eigenvalue weighted by atomic mass is 10.1. The van der Waals surface area contributed by atoms with Gasteiger partial charge in [0.25, 0.3) is 5.91 Å². The molecule has 0 aliphatic heterocycles. The third kappa shape index (κ3) is 3.04. The standard InChI is InChI=1S/C17H17N3O3S/c1-11-9-20(2)10-15(11)17(21)19-16-5-3-4-12-6-7-13(8-14(12)16)24(18,22)23/h3-10H,1-2H3,(H,19,21)(H2,18,22,23). The Kier molecular flexibility index (Phi) is 3.90. The van der Waals surface area contributed by atoms with Gasteiger partial charge in [0.15, 0.2) is 0 Å². The highest BCUT2D eigenvalue weighted by atomic mass is 32.2. The number of aromatic nitrogens is 1. The molecule has 3 N–H and O–H groups in total. The third-order valence-corrected chi connectivity index (χ3v) is 4.74. The van der Waals surface area contributed by atoms with E-state index in [9.17, 15) is 13.2 Å². The summed E-state index contributed by atoms with van der Waals surface area (Å²) in [5.74, 6) is -0.249. The van der Waals surface area contributed by atoms with Crippen LogP contribution in [0.1, 0.15) is 15.9 Å². The van der Waals surface area contributed by atoms with Gasteiger partial charge in [0, 0.05) is 30.5 Å². The van der Waals surface area contributed by atoms with E-state index in [1.165, 1.54) is 12.1 Å². The molecule has 1 heterocycles. The SMILES string of the molecule is Cc1cn(C)cc1C(=O)Nc1cccc2ccc(S(N)(=O)=O)cc12. The Morgan fingerprint density at radius 2 is 1.92 bits per heavy atom. The fourth-order valence-electron chi connectivity index (χ4n) is 2.68. The number of nitrogens with zero attached hydrogens (tertiary/aromatic N) is 1. The monoisotopic (exact) mass is 343 g/mol. The zero-order chi connectivity index (χ0) is 17.5. The number of carbonyl (C=O) groups is 1. The van der Waals surface area contributed by atoms with Crippen LogP contribution in [0.3, 0.4) is 0 Å². The summed E-state index contributed by atoms with van der Waals surface area (Å²) in [6.45, 7) is 1.86. The van der Waals surface area contributed by atoms with E-state index in [4.69, 9.17) is 5.14 Å². The van der Waals surface area contributed by atoms with Gasteiger partial charge in [-0.05, 0) is 36.1 Å². The molecule has 7 heteroatoms. The van der Waals surface area contributed by atoms with Crippen LogP contribution in [0.25, 0.3) is 10.8 Å². The van der Waals surface area contributed by atoms with Crippen LogP contribution in [0.15, 0.2) is 53.7 Å². The first kappa shape index (κ1) is 16.2. The first-order valence-electron chi connectivity index (χ1n) is 7.25. The first-order chi connectivity index (χ1) is 11.3. The second-order valence-corrected chi connectivity index (χ2v) is 7.27. The van der Waals surface area contributed by atoms with Crippen molar-refractivity contribution in [1.29, 1.82) is 0 Å². The van der Waals surface area contributed by atoms with Gasteiger partial charge in [0.1, 0.15) is 0 Å². The number of benzene rings is 2. The smallest absolute Gasteiger partial charge is 0.257 e. The summed E-state index contributed by atoms with van der Waals surface area (Å²) in [5, 5.41) is 9.47. The molecule has 0 spiro atoms. The number of amides is 1. The molecule has 0 aliphatic rings. The van der Waals surface area contributed by atoms with Gasteiger partial charge in [-0.25, -0.2) is 13.6 Å². The molecule has 0 saturated heterocycles. The van der Waals surface area contributed by atoms with E-state index in [2.05, 4.69) is 5.32 Å². The lowest BCUT2D eigenvalue weighted by Gasteiger charge is -2.10. The number of fused-ring (bicyclic) bond motifs is 1. The maximum absolute atomic E-state index is 12.5. The number of carbonyl (C=O) groups excluding carboxylic acids is 1. The van der Waals surface area contributed by atoms with E-state index in [1.807, 2.05) is 30.8 Å². The van der Waals surface area contributed by atoms with Crippen LogP contribution in [0.2, 0.25) is 0 Å². The fraction of sp³-hybridized carbons (Fsp3) is 0.118. The summed E-state index contributed by atoms with van der Waals surface area (Å²) in [5.41, 5.74) is 1.96. The van der Waals surface area contributed by atoms with Gasteiger partial charge < -0.3 is 9.88 Å². The van der Waals surface area contributed by atoms with Gasteiger partial charge in [-0.2, -0.15) is 0 Å². The summed E-state index contributed by atoms with van der Waals surface area (Å²) < 4.78 is 24.9. The van der Waals surface area contributed by atoms with Crippen LogP contribution >= 0.6 is 0 Å². The molecule has 24 heavy (non-hydrogen) atoms. The van der Waals surface area contributed by atoms with Crippen LogP contribution in [-0.2, 0) is 17.1 Å². The van der Waals surface area contributed by atoms with Crippen molar-refractivity contribution in [2.75, 3.05) is 5.32 Å².